The quantitative estimate of drug-likeness (QED) is 0.801. The number of para-hydroxylation sites is 2. The SMILES string of the molecule is CC(=O)N1CCN(c2ccccc2NC(=O)c2cccc(Br)n2)CC1. The summed E-state index contributed by atoms with van der Waals surface area (Å²) in [5.41, 5.74) is 2.05. The third kappa shape index (κ3) is 4.17. The fourth-order valence-electron chi connectivity index (χ4n) is 2.84. The van der Waals surface area contributed by atoms with Crippen molar-refractivity contribution < 1.29 is 9.59 Å². The Kier molecular flexibility index (Phi) is 5.33. The first-order valence-electron chi connectivity index (χ1n) is 8.08. The van der Waals surface area contributed by atoms with Crippen molar-refractivity contribution in [3.05, 3.63) is 52.8 Å². The molecule has 1 aliphatic rings. The predicted molar refractivity (Wildman–Crippen MR) is 101 cm³/mol. The summed E-state index contributed by atoms with van der Waals surface area (Å²) < 4.78 is 0.619. The van der Waals surface area contributed by atoms with E-state index in [4.69, 9.17) is 0 Å². The van der Waals surface area contributed by atoms with E-state index in [0.717, 1.165) is 24.5 Å². The molecule has 0 radical (unpaired) electrons. The standard InChI is InChI=1S/C18H19BrN4O2/c1-13(24)22-9-11-23(12-10-22)16-7-3-2-5-14(16)21-18(25)15-6-4-8-17(19)20-15/h2-8H,9-12H2,1H3,(H,21,25). The molecule has 1 N–H and O–H groups in total. The molecular weight excluding hydrogens is 384 g/mol. The third-order valence-corrected chi connectivity index (χ3v) is 4.61. The van der Waals surface area contributed by atoms with E-state index < -0.39 is 0 Å². The summed E-state index contributed by atoms with van der Waals surface area (Å²) >= 11 is 3.28. The number of nitrogens with zero attached hydrogens (tertiary/aromatic N) is 3. The Bertz CT molecular complexity index is 788. The van der Waals surface area contributed by atoms with Gasteiger partial charge in [0.15, 0.2) is 0 Å². The van der Waals surface area contributed by atoms with Crippen LogP contribution in [0.5, 0.6) is 0 Å². The average Bonchev–Trinajstić information content (AvgIpc) is 2.62. The minimum Gasteiger partial charge on any atom is -0.366 e. The number of hydrogen-bond donors (Lipinski definition) is 1. The topological polar surface area (TPSA) is 65.5 Å². The summed E-state index contributed by atoms with van der Waals surface area (Å²) in [5.74, 6) is -0.155. The number of rotatable bonds is 3. The van der Waals surface area contributed by atoms with Crippen LogP contribution in [0.1, 0.15) is 17.4 Å². The maximum absolute atomic E-state index is 12.5. The lowest BCUT2D eigenvalue weighted by molar-refractivity contribution is -0.129. The molecule has 25 heavy (non-hydrogen) atoms. The molecule has 1 aromatic heterocycles. The number of amides is 2. The predicted octanol–water partition coefficient (Wildman–Crippen LogP) is 2.76. The number of carbonyl (C=O) groups is 2. The van der Waals surface area contributed by atoms with Gasteiger partial charge in [-0.2, -0.15) is 0 Å². The summed E-state index contributed by atoms with van der Waals surface area (Å²) in [6.07, 6.45) is 0. The van der Waals surface area contributed by atoms with Gasteiger partial charge >= 0.3 is 0 Å². The van der Waals surface area contributed by atoms with Crippen molar-refractivity contribution in [3.63, 3.8) is 0 Å². The molecular formula is C18H19BrN4O2. The van der Waals surface area contributed by atoms with Crippen LogP contribution < -0.4 is 10.2 Å². The van der Waals surface area contributed by atoms with Gasteiger partial charge in [0, 0.05) is 33.1 Å². The molecule has 1 fully saturated rings. The van der Waals surface area contributed by atoms with Gasteiger partial charge in [0.1, 0.15) is 10.3 Å². The van der Waals surface area contributed by atoms with E-state index in [0.29, 0.717) is 23.4 Å². The zero-order valence-corrected chi connectivity index (χ0v) is 15.5. The van der Waals surface area contributed by atoms with Crippen LogP contribution >= 0.6 is 15.9 Å². The molecule has 0 spiro atoms. The van der Waals surface area contributed by atoms with E-state index in [1.165, 1.54) is 0 Å². The zero-order valence-electron chi connectivity index (χ0n) is 13.9. The highest BCUT2D eigenvalue weighted by Gasteiger charge is 2.21. The van der Waals surface area contributed by atoms with Gasteiger partial charge in [-0.3, -0.25) is 9.59 Å². The highest BCUT2D eigenvalue weighted by molar-refractivity contribution is 9.10. The van der Waals surface area contributed by atoms with Crippen molar-refractivity contribution in [2.75, 3.05) is 36.4 Å². The molecule has 0 saturated carbocycles. The van der Waals surface area contributed by atoms with Crippen molar-refractivity contribution in [1.82, 2.24) is 9.88 Å². The van der Waals surface area contributed by atoms with Gasteiger partial charge in [-0.1, -0.05) is 18.2 Å². The van der Waals surface area contributed by atoms with Gasteiger partial charge < -0.3 is 15.1 Å². The second-order valence-corrected chi connectivity index (χ2v) is 6.62. The lowest BCUT2D eigenvalue weighted by Crippen LogP contribution is -2.48. The lowest BCUT2D eigenvalue weighted by atomic mass is 10.2. The Labute approximate surface area is 155 Å². The number of piperazine rings is 1. The van der Waals surface area contributed by atoms with Crippen molar-refractivity contribution in [1.29, 1.82) is 0 Å². The van der Waals surface area contributed by atoms with Crippen LogP contribution in [0.4, 0.5) is 11.4 Å². The molecule has 2 aromatic rings. The van der Waals surface area contributed by atoms with Crippen LogP contribution in [-0.2, 0) is 4.79 Å². The van der Waals surface area contributed by atoms with Crippen LogP contribution in [0.15, 0.2) is 47.1 Å². The number of pyridine rings is 1. The van der Waals surface area contributed by atoms with Crippen molar-refractivity contribution in [3.8, 4) is 0 Å². The first-order chi connectivity index (χ1) is 12.0. The molecule has 130 valence electrons. The summed E-state index contributed by atoms with van der Waals surface area (Å²) in [6, 6.07) is 12.9. The monoisotopic (exact) mass is 402 g/mol. The van der Waals surface area contributed by atoms with Crippen LogP contribution in [0.3, 0.4) is 0 Å². The van der Waals surface area contributed by atoms with Gasteiger partial charge in [0.2, 0.25) is 5.91 Å². The maximum atomic E-state index is 12.5. The number of benzene rings is 1. The zero-order chi connectivity index (χ0) is 17.8. The van der Waals surface area contributed by atoms with Crippen LogP contribution in [-0.4, -0.2) is 47.9 Å². The minimum atomic E-state index is -0.254. The number of nitrogens with one attached hydrogen (secondary N) is 1. The van der Waals surface area contributed by atoms with E-state index >= 15 is 0 Å². The molecule has 0 unspecified atom stereocenters. The highest BCUT2D eigenvalue weighted by Crippen LogP contribution is 2.27. The molecule has 1 aromatic carbocycles. The molecule has 6 nitrogen and oxygen atoms in total. The van der Waals surface area contributed by atoms with Crippen LogP contribution in [0.25, 0.3) is 0 Å². The minimum absolute atomic E-state index is 0.0990. The maximum Gasteiger partial charge on any atom is 0.274 e. The molecule has 2 heterocycles. The number of aromatic nitrogens is 1. The van der Waals surface area contributed by atoms with E-state index in [9.17, 15) is 9.59 Å². The first-order valence-corrected chi connectivity index (χ1v) is 8.87. The number of carbonyl (C=O) groups excluding carboxylic acids is 2. The Morgan fingerprint density at radius 1 is 1.04 bits per heavy atom. The molecule has 1 saturated heterocycles. The average molecular weight is 403 g/mol. The Hall–Kier alpha value is -2.41. The lowest BCUT2D eigenvalue weighted by Gasteiger charge is -2.36. The fourth-order valence-corrected chi connectivity index (χ4v) is 3.18. The number of halogens is 1. The number of anilines is 2. The molecule has 7 heteroatoms. The second kappa shape index (κ2) is 7.65. The van der Waals surface area contributed by atoms with Gasteiger partial charge in [-0.05, 0) is 40.2 Å². The van der Waals surface area contributed by atoms with Crippen molar-refractivity contribution in [2.24, 2.45) is 0 Å². The molecule has 0 atom stereocenters. The molecule has 2 amide bonds. The van der Waals surface area contributed by atoms with Crippen molar-refractivity contribution in [2.45, 2.75) is 6.92 Å². The second-order valence-electron chi connectivity index (χ2n) is 5.81. The van der Waals surface area contributed by atoms with Crippen LogP contribution in [0, 0.1) is 0 Å². The first kappa shape index (κ1) is 17.4. The highest BCUT2D eigenvalue weighted by atomic mass is 79.9. The Balaban J connectivity index is 1.75. The molecule has 3 rings (SSSR count). The third-order valence-electron chi connectivity index (χ3n) is 4.17. The van der Waals surface area contributed by atoms with E-state index in [-0.39, 0.29) is 11.8 Å². The van der Waals surface area contributed by atoms with Crippen LogP contribution in [0.2, 0.25) is 0 Å². The summed E-state index contributed by atoms with van der Waals surface area (Å²) in [4.78, 5) is 32.2. The molecule has 1 aliphatic heterocycles. The van der Waals surface area contributed by atoms with Gasteiger partial charge in [0.05, 0.1) is 11.4 Å². The normalized spacial score (nSPS) is 14.3. The van der Waals surface area contributed by atoms with E-state index in [1.54, 1.807) is 25.1 Å². The van der Waals surface area contributed by atoms with Gasteiger partial charge in [-0.15, -0.1) is 0 Å². The van der Waals surface area contributed by atoms with Gasteiger partial charge in [0.25, 0.3) is 5.91 Å². The summed E-state index contributed by atoms with van der Waals surface area (Å²) in [5, 5.41) is 2.94. The fraction of sp³-hybridized carbons (Fsp3) is 0.278. The van der Waals surface area contributed by atoms with Gasteiger partial charge in [-0.25, -0.2) is 4.98 Å². The Morgan fingerprint density at radius 2 is 1.76 bits per heavy atom. The number of hydrogen-bond acceptors (Lipinski definition) is 4. The smallest absolute Gasteiger partial charge is 0.274 e. The van der Waals surface area contributed by atoms with Crippen molar-refractivity contribution >= 4 is 39.1 Å². The molecule has 0 bridgehead atoms. The largest absolute Gasteiger partial charge is 0.366 e. The Morgan fingerprint density at radius 3 is 2.44 bits per heavy atom. The summed E-state index contributed by atoms with van der Waals surface area (Å²) in [7, 11) is 0. The molecule has 0 aliphatic carbocycles. The van der Waals surface area contributed by atoms with E-state index in [1.807, 2.05) is 29.2 Å². The summed E-state index contributed by atoms with van der Waals surface area (Å²) in [6.45, 7) is 4.44. The van der Waals surface area contributed by atoms with E-state index in [2.05, 4.69) is 31.1 Å².